The highest BCUT2D eigenvalue weighted by molar-refractivity contribution is 5.80. The molecule has 1 aliphatic rings. The monoisotopic (exact) mass is 189 g/mol. The molecule has 0 spiro atoms. The van der Waals surface area contributed by atoms with E-state index < -0.39 is 23.5 Å². The minimum absolute atomic E-state index is 0.543. The molecule has 0 aliphatic heterocycles. The summed E-state index contributed by atoms with van der Waals surface area (Å²) in [5.41, 5.74) is 4.81. The van der Waals surface area contributed by atoms with Gasteiger partial charge in [-0.1, -0.05) is 12.2 Å². The van der Waals surface area contributed by atoms with Gasteiger partial charge >= 0.3 is 5.92 Å². The van der Waals surface area contributed by atoms with Crippen molar-refractivity contribution < 1.29 is 18.3 Å². The number of nitrogens with two attached hydrogens (primary N) is 1. The fourth-order valence-electron chi connectivity index (χ4n) is 1.12. The van der Waals surface area contributed by atoms with Gasteiger partial charge in [-0.2, -0.15) is 8.78 Å². The predicted octanol–water partition coefficient (Wildman–Crippen LogP) is 0.823. The molecule has 0 aromatic carbocycles. The number of hydrogen-bond donors (Lipinski definition) is 1. The lowest BCUT2D eigenvalue weighted by Crippen LogP contribution is -2.40. The van der Waals surface area contributed by atoms with Crippen LogP contribution in [-0.2, 0) is 9.53 Å². The van der Waals surface area contributed by atoms with Crippen molar-refractivity contribution in [3.8, 4) is 0 Å². The maximum atomic E-state index is 13.2. The summed E-state index contributed by atoms with van der Waals surface area (Å²) in [5, 5.41) is 0. The van der Waals surface area contributed by atoms with Gasteiger partial charge in [-0.25, -0.2) is 0 Å². The maximum Gasteiger partial charge on any atom is 0.318 e. The minimum atomic E-state index is -3.34. The quantitative estimate of drug-likeness (QED) is 0.699. The zero-order valence-corrected chi connectivity index (χ0v) is 6.96. The number of halogens is 2. The second-order valence-corrected chi connectivity index (χ2v) is 2.62. The van der Waals surface area contributed by atoms with E-state index in [1.807, 2.05) is 0 Å². The van der Waals surface area contributed by atoms with E-state index >= 15 is 0 Å². The Bertz CT molecular complexity index is 284. The minimum Gasteiger partial charge on any atom is -0.495 e. The van der Waals surface area contributed by atoms with Crippen molar-refractivity contribution in [2.45, 2.75) is 5.92 Å². The summed E-state index contributed by atoms with van der Waals surface area (Å²) in [6, 6.07) is 0. The average Bonchev–Trinajstić information content (AvgIpc) is 2.02. The summed E-state index contributed by atoms with van der Waals surface area (Å²) in [6.45, 7) is 0. The first-order valence-electron chi connectivity index (χ1n) is 3.60. The Morgan fingerprint density at radius 1 is 1.69 bits per heavy atom. The van der Waals surface area contributed by atoms with Gasteiger partial charge in [-0.05, 0) is 6.08 Å². The second-order valence-electron chi connectivity index (χ2n) is 2.62. The number of primary amides is 1. The van der Waals surface area contributed by atoms with Crippen molar-refractivity contribution in [2.24, 2.45) is 11.7 Å². The first kappa shape index (κ1) is 9.70. The van der Waals surface area contributed by atoms with Gasteiger partial charge < -0.3 is 10.5 Å². The molecule has 1 rings (SSSR count). The summed E-state index contributed by atoms with van der Waals surface area (Å²) in [6.07, 6.45) is 3.50. The highest BCUT2D eigenvalue weighted by Crippen LogP contribution is 2.36. The third-order valence-electron chi connectivity index (χ3n) is 1.80. The van der Waals surface area contributed by atoms with Gasteiger partial charge in [-0.15, -0.1) is 0 Å². The van der Waals surface area contributed by atoms with Gasteiger partial charge in [0, 0.05) is 0 Å². The van der Waals surface area contributed by atoms with E-state index in [2.05, 4.69) is 4.74 Å². The second kappa shape index (κ2) is 3.16. The Morgan fingerprint density at radius 2 is 2.31 bits per heavy atom. The number of hydrogen-bond acceptors (Lipinski definition) is 2. The molecule has 0 radical (unpaired) electrons. The molecule has 1 atom stereocenters. The third-order valence-corrected chi connectivity index (χ3v) is 1.80. The van der Waals surface area contributed by atoms with Crippen molar-refractivity contribution in [1.29, 1.82) is 0 Å². The fourth-order valence-corrected chi connectivity index (χ4v) is 1.12. The Balaban J connectivity index is 3.01. The molecular formula is C8H9F2NO2. The SMILES string of the molecule is COC1=CC=CC(C(N)=O)C1(F)F. The van der Waals surface area contributed by atoms with Crippen LogP contribution in [0.3, 0.4) is 0 Å². The van der Waals surface area contributed by atoms with Crippen molar-refractivity contribution in [1.82, 2.24) is 0 Å². The summed E-state index contributed by atoms with van der Waals surface area (Å²) < 4.78 is 30.9. The van der Waals surface area contributed by atoms with Crippen LogP contribution in [-0.4, -0.2) is 18.9 Å². The molecule has 0 bridgehead atoms. The zero-order valence-electron chi connectivity index (χ0n) is 6.96. The summed E-state index contributed by atoms with van der Waals surface area (Å²) >= 11 is 0. The first-order chi connectivity index (χ1) is 6.00. The molecule has 72 valence electrons. The molecule has 1 unspecified atom stereocenters. The predicted molar refractivity (Wildman–Crippen MR) is 41.9 cm³/mol. The number of carbonyl (C=O) groups is 1. The van der Waals surface area contributed by atoms with E-state index in [9.17, 15) is 13.6 Å². The molecule has 1 aliphatic carbocycles. The van der Waals surface area contributed by atoms with Crippen molar-refractivity contribution >= 4 is 5.91 Å². The molecule has 0 saturated carbocycles. The maximum absolute atomic E-state index is 13.2. The number of methoxy groups -OCH3 is 1. The van der Waals surface area contributed by atoms with Crippen LogP contribution in [0.1, 0.15) is 0 Å². The van der Waals surface area contributed by atoms with Crippen LogP contribution < -0.4 is 5.73 Å². The van der Waals surface area contributed by atoms with Crippen LogP contribution in [0.15, 0.2) is 24.0 Å². The van der Waals surface area contributed by atoms with Crippen LogP contribution in [0.2, 0.25) is 0 Å². The van der Waals surface area contributed by atoms with Gasteiger partial charge in [-0.3, -0.25) is 4.79 Å². The molecular weight excluding hydrogens is 180 g/mol. The van der Waals surface area contributed by atoms with E-state index in [1.165, 1.54) is 6.08 Å². The van der Waals surface area contributed by atoms with Gasteiger partial charge in [0.15, 0.2) is 5.76 Å². The van der Waals surface area contributed by atoms with Crippen molar-refractivity contribution in [3.63, 3.8) is 0 Å². The van der Waals surface area contributed by atoms with Crippen LogP contribution in [0, 0.1) is 5.92 Å². The highest BCUT2D eigenvalue weighted by atomic mass is 19.3. The van der Waals surface area contributed by atoms with E-state index in [0.29, 0.717) is 0 Å². The number of allylic oxidation sites excluding steroid dienone is 3. The lowest BCUT2D eigenvalue weighted by atomic mass is 9.94. The molecule has 2 N–H and O–H groups in total. The molecule has 0 fully saturated rings. The summed E-state index contributed by atoms with van der Waals surface area (Å²) in [4.78, 5) is 10.6. The Labute approximate surface area is 73.9 Å². The van der Waals surface area contributed by atoms with E-state index in [4.69, 9.17) is 5.73 Å². The summed E-state index contributed by atoms with van der Waals surface area (Å²) in [7, 11) is 1.12. The molecule has 0 saturated heterocycles. The summed E-state index contributed by atoms with van der Waals surface area (Å²) in [5.74, 6) is -6.56. The molecule has 1 amide bonds. The number of amides is 1. The normalized spacial score (nSPS) is 25.2. The van der Waals surface area contributed by atoms with Crippen molar-refractivity contribution in [2.75, 3.05) is 7.11 Å². The molecule has 0 aromatic rings. The van der Waals surface area contributed by atoms with E-state index in [0.717, 1.165) is 19.3 Å². The highest BCUT2D eigenvalue weighted by Gasteiger charge is 2.47. The molecule has 3 nitrogen and oxygen atoms in total. The Morgan fingerprint density at radius 3 is 2.77 bits per heavy atom. The Hall–Kier alpha value is -1.39. The van der Waals surface area contributed by atoms with Crippen molar-refractivity contribution in [3.05, 3.63) is 24.0 Å². The van der Waals surface area contributed by atoms with Crippen LogP contribution in [0.4, 0.5) is 8.78 Å². The van der Waals surface area contributed by atoms with Crippen LogP contribution in [0.25, 0.3) is 0 Å². The van der Waals surface area contributed by atoms with Gasteiger partial charge in [0.05, 0.1) is 7.11 Å². The van der Waals surface area contributed by atoms with Gasteiger partial charge in [0.25, 0.3) is 0 Å². The number of alkyl halides is 2. The average molecular weight is 189 g/mol. The molecule has 5 heteroatoms. The van der Waals surface area contributed by atoms with Gasteiger partial charge in [0.2, 0.25) is 5.91 Å². The van der Waals surface area contributed by atoms with Crippen LogP contribution in [0.5, 0.6) is 0 Å². The van der Waals surface area contributed by atoms with Crippen LogP contribution >= 0.6 is 0 Å². The van der Waals surface area contributed by atoms with E-state index in [1.54, 1.807) is 0 Å². The topological polar surface area (TPSA) is 52.3 Å². The number of ether oxygens (including phenoxy) is 1. The molecule has 13 heavy (non-hydrogen) atoms. The number of carbonyl (C=O) groups excluding carboxylic acids is 1. The fraction of sp³-hybridized carbons (Fsp3) is 0.375. The lowest BCUT2D eigenvalue weighted by molar-refractivity contribution is -0.132. The number of rotatable bonds is 2. The largest absolute Gasteiger partial charge is 0.495 e. The smallest absolute Gasteiger partial charge is 0.318 e. The lowest BCUT2D eigenvalue weighted by Gasteiger charge is -2.25. The first-order valence-corrected chi connectivity index (χ1v) is 3.60. The third kappa shape index (κ3) is 1.54. The zero-order chi connectivity index (χ0) is 10.1. The molecule has 0 aromatic heterocycles. The molecule has 0 heterocycles. The van der Waals surface area contributed by atoms with Gasteiger partial charge in [0.1, 0.15) is 5.92 Å². The Kier molecular flexibility index (Phi) is 2.36. The van der Waals surface area contributed by atoms with E-state index in [-0.39, 0.29) is 0 Å². The standard InChI is InChI=1S/C8H9F2NO2/c1-13-6-4-2-3-5(7(11)12)8(6,9)10/h2-5H,1H3,(H2,11,12).